The van der Waals surface area contributed by atoms with Crippen molar-refractivity contribution in [1.82, 2.24) is 0 Å². The van der Waals surface area contributed by atoms with Crippen molar-refractivity contribution in [2.75, 3.05) is 10.6 Å². The van der Waals surface area contributed by atoms with Gasteiger partial charge in [0.2, 0.25) is 5.91 Å². The molecule has 6 nitrogen and oxygen atoms in total. The van der Waals surface area contributed by atoms with E-state index in [-0.39, 0.29) is 11.8 Å². The summed E-state index contributed by atoms with van der Waals surface area (Å²) in [6.07, 6.45) is -0.375. The molecule has 2 aromatic rings. The van der Waals surface area contributed by atoms with Crippen LogP contribution in [0.15, 0.2) is 42.5 Å². The highest BCUT2D eigenvalue weighted by atomic mass is 16.5. The van der Waals surface area contributed by atoms with Crippen LogP contribution < -0.4 is 15.4 Å². The van der Waals surface area contributed by atoms with Crippen LogP contribution in [0.5, 0.6) is 5.75 Å². The number of hydrogen-bond acceptors (Lipinski definition) is 4. The lowest BCUT2D eigenvalue weighted by molar-refractivity contribution is -0.122. The summed E-state index contributed by atoms with van der Waals surface area (Å²) in [4.78, 5) is 23.9. The lowest BCUT2D eigenvalue weighted by Gasteiger charge is -2.16. The minimum Gasteiger partial charge on any atom is -0.481 e. The van der Waals surface area contributed by atoms with Gasteiger partial charge in [-0.15, -0.1) is 0 Å². The molecule has 2 aromatic carbocycles. The molecule has 0 saturated carbocycles. The number of carbonyl (C=O) groups excluding carboxylic acids is 2. The van der Waals surface area contributed by atoms with Gasteiger partial charge in [-0.05, 0) is 49.7 Å². The molecule has 0 spiro atoms. The first-order valence-electron chi connectivity index (χ1n) is 8.31. The van der Waals surface area contributed by atoms with Crippen LogP contribution in [0.1, 0.15) is 31.4 Å². The van der Waals surface area contributed by atoms with Crippen molar-refractivity contribution in [3.8, 4) is 11.8 Å². The molecule has 0 aliphatic heterocycles. The van der Waals surface area contributed by atoms with Crippen molar-refractivity contribution in [1.29, 1.82) is 5.26 Å². The first-order valence-corrected chi connectivity index (χ1v) is 8.31. The Morgan fingerprint density at radius 3 is 2.65 bits per heavy atom. The number of anilines is 2. The smallest absolute Gasteiger partial charge is 0.265 e. The Morgan fingerprint density at radius 1 is 1.19 bits per heavy atom. The molecule has 0 fully saturated rings. The average Bonchev–Trinajstić information content (AvgIpc) is 2.64. The lowest BCUT2D eigenvalue weighted by atomic mass is 10.1. The fourth-order valence-corrected chi connectivity index (χ4v) is 2.21. The fourth-order valence-electron chi connectivity index (χ4n) is 2.21. The molecule has 2 amide bonds. The van der Waals surface area contributed by atoms with E-state index in [0.717, 1.165) is 5.56 Å². The molecule has 26 heavy (non-hydrogen) atoms. The molecule has 1 unspecified atom stereocenters. The molecule has 0 heterocycles. The van der Waals surface area contributed by atoms with Gasteiger partial charge in [0.25, 0.3) is 5.91 Å². The summed E-state index contributed by atoms with van der Waals surface area (Å²) in [5.41, 5.74) is 2.55. The first kappa shape index (κ1) is 19.0. The summed E-state index contributed by atoms with van der Waals surface area (Å²) < 4.78 is 5.61. The van der Waals surface area contributed by atoms with Crippen LogP contribution in [0.4, 0.5) is 11.4 Å². The third-order valence-electron chi connectivity index (χ3n) is 3.75. The summed E-state index contributed by atoms with van der Waals surface area (Å²) in [7, 11) is 0. The third-order valence-corrected chi connectivity index (χ3v) is 3.75. The number of nitrogens with one attached hydrogen (secondary N) is 2. The predicted molar refractivity (Wildman–Crippen MR) is 100.0 cm³/mol. The summed E-state index contributed by atoms with van der Waals surface area (Å²) in [6, 6.07) is 14.0. The number of nitriles is 1. The summed E-state index contributed by atoms with van der Waals surface area (Å²) in [5.74, 6) is 0.0296. The maximum atomic E-state index is 12.4. The summed E-state index contributed by atoms with van der Waals surface area (Å²) in [5, 5.41) is 14.5. The second-order valence-corrected chi connectivity index (χ2v) is 5.82. The number of amides is 2. The van der Waals surface area contributed by atoms with E-state index < -0.39 is 6.10 Å². The van der Waals surface area contributed by atoms with E-state index in [9.17, 15) is 9.59 Å². The largest absolute Gasteiger partial charge is 0.481 e. The van der Waals surface area contributed by atoms with Gasteiger partial charge in [-0.3, -0.25) is 9.59 Å². The van der Waals surface area contributed by atoms with Crippen molar-refractivity contribution in [3.63, 3.8) is 0 Å². The summed E-state index contributed by atoms with van der Waals surface area (Å²) >= 11 is 0. The molecule has 0 aliphatic rings. The molecule has 2 N–H and O–H groups in total. The average molecular weight is 351 g/mol. The zero-order valence-corrected chi connectivity index (χ0v) is 15.0. The minimum absolute atomic E-state index is 0.0970. The Balaban J connectivity index is 2.07. The Hall–Kier alpha value is -3.33. The molecule has 0 aliphatic carbocycles. The standard InChI is InChI=1S/C20H21N3O3/c1-4-19(24)22-16-9-8-13(2)18(11-16)23-20(25)14(3)26-17-7-5-6-15(10-17)12-21/h5-11,14H,4H2,1-3H3,(H,22,24)(H,23,25). The number of nitrogens with zero attached hydrogens (tertiary/aromatic N) is 1. The molecule has 0 aromatic heterocycles. The van der Waals surface area contributed by atoms with Crippen molar-refractivity contribution in [2.45, 2.75) is 33.3 Å². The fraction of sp³-hybridized carbons (Fsp3) is 0.250. The SMILES string of the molecule is CCC(=O)Nc1ccc(C)c(NC(=O)C(C)Oc2cccc(C#N)c2)c1. The van der Waals surface area contributed by atoms with Gasteiger partial charge in [-0.1, -0.05) is 19.1 Å². The normalized spacial score (nSPS) is 11.2. The molecule has 1 atom stereocenters. The van der Waals surface area contributed by atoms with Gasteiger partial charge < -0.3 is 15.4 Å². The highest BCUT2D eigenvalue weighted by Crippen LogP contribution is 2.21. The Kier molecular flexibility index (Phi) is 6.34. The number of carbonyl (C=O) groups is 2. The molecule has 134 valence electrons. The Morgan fingerprint density at radius 2 is 1.96 bits per heavy atom. The van der Waals surface area contributed by atoms with Crippen molar-refractivity contribution in [2.24, 2.45) is 0 Å². The van der Waals surface area contributed by atoms with Gasteiger partial charge in [-0.2, -0.15) is 5.26 Å². The maximum Gasteiger partial charge on any atom is 0.265 e. The summed E-state index contributed by atoms with van der Waals surface area (Å²) in [6.45, 7) is 5.27. The van der Waals surface area contributed by atoms with E-state index in [2.05, 4.69) is 10.6 Å². The molecular weight excluding hydrogens is 330 g/mol. The van der Waals surface area contributed by atoms with Gasteiger partial charge in [0, 0.05) is 17.8 Å². The monoisotopic (exact) mass is 351 g/mol. The molecule has 0 saturated heterocycles. The van der Waals surface area contributed by atoms with Crippen LogP contribution in [0.2, 0.25) is 0 Å². The quantitative estimate of drug-likeness (QED) is 0.831. The van der Waals surface area contributed by atoms with E-state index in [4.69, 9.17) is 10.00 Å². The van der Waals surface area contributed by atoms with Gasteiger partial charge >= 0.3 is 0 Å². The zero-order valence-electron chi connectivity index (χ0n) is 15.0. The predicted octanol–water partition coefficient (Wildman–Crippen LogP) is 3.62. The van der Waals surface area contributed by atoms with Crippen molar-refractivity contribution < 1.29 is 14.3 Å². The minimum atomic E-state index is -0.753. The number of ether oxygens (including phenoxy) is 1. The second kappa shape index (κ2) is 8.67. The van der Waals surface area contributed by atoms with Crippen LogP contribution in [-0.4, -0.2) is 17.9 Å². The number of benzene rings is 2. The first-order chi connectivity index (χ1) is 12.4. The van der Waals surface area contributed by atoms with E-state index in [1.54, 1.807) is 50.2 Å². The van der Waals surface area contributed by atoms with Crippen molar-refractivity contribution in [3.05, 3.63) is 53.6 Å². The van der Waals surface area contributed by atoms with Gasteiger partial charge in [0.15, 0.2) is 6.10 Å². The van der Waals surface area contributed by atoms with E-state index in [1.807, 2.05) is 19.1 Å². The van der Waals surface area contributed by atoms with E-state index in [0.29, 0.717) is 29.1 Å². The van der Waals surface area contributed by atoms with Gasteiger partial charge in [-0.25, -0.2) is 0 Å². The molecular formula is C20H21N3O3. The maximum absolute atomic E-state index is 12.4. The number of rotatable bonds is 6. The van der Waals surface area contributed by atoms with E-state index >= 15 is 0 Å². The zero-order chi connectivity index (χ0) is 19.1. The van der Waals surface area contributed by atoms with Crippen LogP contribution >= 0.6 is 0 Å². The van der Waals surface area contributed by atoms with Crippen LogP contribution in [-0.2, 0) is 9.59 Å². The van der Waals surface area contributed by atoms with Gasteiger partial charge in [0.05, 0.1) is 11.6 Å². The third kappa shape index (κ3) is 5.08. The highest BCUT2D eigenvalue weighted by molar-refractivity contribution is 5.96. The van der Waals surface area contributed by atoms with E-state index in [1.165, 1.54) is 0 Å². The van der Waals surface area contributed by atoms with Gasteiger partial charge in [0.1, 0.15) is 5.75 Å². The number of hydrogen-bond donors (Lipinski definition) is 2. The second-order valence-electron chi connectivity index (χ2n) is 5.82. The van der Waals surface area contributed by atoms with Crippen molar-refractivity contribution >= 4 is 23.2 Å². The van der Waals surface area contributed by atoms with Crippen LogP contribution in [0, 0.1) is 18.3 Å². The van der Waals surface area contributed by atoms with Crippen LogP contribution in [0.3, 0.4) is 0 Å². The molecule has 0 bridgehead atoms. The topological polar surface area (TPSA) is 91.2 Å². The molecule has 2 rings (SSSR count). The lowest BCUT2D eigenvalue weighted by Crippen LogP contribution is -2.30. The molecule has 0 radical (unpaired) electrons. The van der Waals surface area contributed by atoms with Crippen LogP contribution in [0.25, 0.3) is 0 Å². The Bertz CT molecular complexity index is 856. The Labute approximate surface area is 152 Å². The highest BCUT2D eigenvalue weighted by Gasteiger charge is 2.16. The molecule has 6 heteroatoms. The number of aryl methyl sites for hydroxylation is 1.